The Labute approximate surface area is 353 Å². The molecule has 4 heterocycles. The van der Waals surface area contributed by atoms with Crippen LogP contribution in [0, 0.1) is 13.8 Å². The molecule has 0 bridgehead atoms. The number of fused-ring (bicyclic) bond motifs is 2. The number of carbonyl (C=O) groups excluding carboxylic acids is 4. The molecule has 306 valence electrons. The van der Waals surface area contributed by atoms with Gasteiger partial charge in [0.1, 0.15) is 18.4 Å². The topological polar surface area (TPSA) is 174 Å². The number of rotatable bonds is 12. The zero-order chi connectivity index (χ0) is 42.5. The summed E-state index contributed by atoms with van der Waals surface area (Å²) in [5, 5.41) is 11.9. The maximum atomic E-state index is 14.4. The van der Waals surface area contributed by atoms with E-state index in [0.717, 1.165) is 22.4 Å². The number of hydrogen-bond donors (Lipinski definition) is 4. The number of aromatic nitrogens is 3. The van der Waals surface area contributed by atoms with Crippen LogP contribution in [0.15, 0.2) is 127 Å². The van der Waals surface area contributed by atoms with Crippen LogP contribution in [-0.4, -0.2) is 57.0 Å². The summed E-state index contributed by atoms with van der Waals surface area (Å²) in [7, 11) is 0. The van der Waals surface area contributed by atoms with E-state index in [4.69, 9.17) is 4.99 Å². The summed E-state index contributed by atoms with van der Waals surface area (Å²) in [6.45, 7) is 6.00. The second-order valence-corrected chi connectivity index (χ2v) is 14.9. The van der Waals surface area contributed by atoms with E-state index in [1.807, 2.05) is 99.6 Å². The van der Waals surface area contributed by atoms with Crippen LogP contribution in [-0.2, 0) is 22.7 Å². The Morgan fingerprint density at radius 2 is 1.61 bits per heavy atom. The second-order valence-electron chi connectivity index (χ2n) is 14.9. The normalized spacial score (nSPS) is 14.5. The minimum Gasteiger partial charge on any atom is -0.350 e. The third-order valence-electron chi connectivity index (χ3n) is 10.5. The third kappa shape index (κ3) is 8.98. The highest BCUT2D eigenvalue weighted by Crippen LogP contribution is 2.34. The number of nitrogens with zero attached hydrogens (tertiary/aromatic N) is 6. The Bertz CT molecular complexity index is 2650. The van der Waals surface area contributed by atoms with Crippen LogP contribution < -0.4 is 31.1 Å². The fourth-order valence-electron chi connectivity index (χ4n) is 7.27. The molecule has 0 unspecified atom stereocenters. The lowest BCUT2D eigenvalue weighted by Crippen LogP contribution is -2.44. The molecule has 0 radical (unpaired) electrons. The fraction of sp³-hybridized carbons (Fsp3) is 0.191. The molecule has 6 aromatic rings. The zero-order valence-corrected chi connectivity index (χ0v) is 34.0. The van der Waals surface area contributed by atoms with E-state index in [0.29, 0.717) is 70.7 Å². The molecule has 5 amide bonds. The first-order valence-electron chi connectivity index (χ1n) is 20.1. The molecule has 2 aliphatic heterocycles. The van der Waals surface area contributed by atoms with Gasteiger partial charge in [0.2, 0.25) is 11.9 Å². The average molecular weight is 813 g/mol. The van der Waals surface area contributed by atoms with Crippen LogP contribution in [0.5, 0.6) is 0 Å². The van der Waals surface area contributed by atoms with Crippen molar-refractivity contribution in [3.63, 3.8) is 0 Å². The molecule has 0 aliphatic carbocycles. The molecule has 0 spiro atoms. The number of aryl methyl sites for hydroxylation is 2. The summed E-state index contributed by atoms with van der Waals surface area (Å²) in [5.74, 6) is -0.410. The van der Waals surface area contributed by atoms with Crippen LogP contribution in [0.2, 0.25) is 0 Å². The van der Waals surface area contributed by atoms with Crippen LogP contribution >= 0.6 is 0 Å². The quantitative estimate of drug-likeness (QED) is 0.0973. The van der Waals surface area contributed by atoms with Crippen molar-refractivity contribution in [1.29, 1.82) is 0 Å². The number of benzene rings is 4. The summed E-state index contributed by atoms with van der Waals surface area (Å²) in [6, 6.07) is 32.2. The van der Waals surface area contributed by atoms with E-state index in [-0.39, 0.29) is 36.5 Å². The van der Waals surface area contributed by atoms with E-state index < -0.39 is 11.9 Å². The van der Waals surface area contributed by atoms with Gasteiger partial charge >= 0.3 is 6.03 Å². The largest absolute Gasteiger partial charge is 0.350 e. The van der Waals surface area contributed by atoms with Crippen LogP contribution in [0.3, 0.4) is 0 Å². The van der Waals surface area contributed by atoms with Crippen molar-refractivity contribution >= 4 is 64.0 Å². The number of pyridine rings is 1. The summed E-state index contributed by atoms with van der Waals surface area (Å²) in [5.41, 5.74) is 7.77. The van der Waals surface area contributed by atoms with Gasteiger partial charge in [-0.15, -0.1) is 0 Å². The number of urea groups is 1. The highest BCUT2D eigenvalue weighted by Gasteiger charge is 2.34. The number of benzodiazepines with no additional fused rings is 1. The van der Waals surface area contributed by atoms with Gasteiger partial charge in [-0.1, -0.05) is 80.1 Å². The highest BCUT2D eigenvalue weighted by atomic mass is 16.2. The smallest absolute Gasteiger partial charge is 0.327 e. The van der Waals surface area contributed by atoms with Gasteiger partial charge in [-0.3, -0.25) is 34.6 Å². The van der Waals surface area contributed by atoms with E-state index in [1.165, 1.54) is 4.90 Å². The van der Waals surface area contributed by atoms with E-state index in [2.05, 4.69) is 36.2 Å². The molecule has 4 aromatic carbocycles. The van der Waals surface area contributed by atoms with Crippen molar-refractivity contribution in [3.05, 3.63) is 161 Å². The van der Waals surface area contributed by atoms with Gasteiger partial charge in [0.25, 0.3) is 11.8 Å². The first-order chi connectivity index (χ1) is 29.6. The van der Waals surface area contributed by atoms with Gasteiger partial charge in [-0.2, -0.15) is 4.98 Å². The summed E-state index contributed by atoms with van der Waals surface area (Å²) < 4.78 is 0. The zero-order valence-electron chi connectivity index (χ0n) is 34.0. The number of nitrogens with one attached hydrogen (secondary N) is 4. The highest BCUT2D eigenvalue weighted by molar-refractivity contribution is 6.21. The van der Waals surface area contributed by atoms with Crippen LogP contribution in [0.1, 0.15) is 63.6 Å². The lowest BCUT2D eigenvalue weighted by Gasteiger charge is -2.30. The number of carbonyl (C=O) groups is 4. The number of amides is 5. The number of aliphatic imine (C=N–C) groups is 1. The Kier molecular flexibility index (Phi) is 11.6. The molecule has 0 saturated carbocycles. The fourth-order valence-corrected chi connectivity index (χ4v) is 7.27. The monoisotopic (exact) mass is 812 g/mol. The summed E-state index contributed by atoms with van der Waals surface area (Å²) in [4.78, 5) is 76.8. The molecule has 1 atom stereocenters. The van der Waals surface area contributed by atoms with Crippen molar-refractivity contribution in [2.75, 3.05) is 32.3 Å². The average Bonchev–Trinajstić information content (AvgIpc) is 3.38. The molecule has 2 aliphatic rings. The van der Waals surface area contributed by atoms with Crippen LogP contribution in [0.25, 0.3) is 0 Å². The minimum absolute atomic E-state index is 0.198. The predicted molar refractivity (Wildman–Crippen MR) is 236 cm³/mol. The molecule has 8 rings (SSSR count). The van der Waals surface area contributed by atoms with Gasteiger partial charge in [0.15, 0.2) is 0 Å². The molecule has 14 heteroatoms. The number of anilines is 6. The van der Waals surface area contributed by atoms with Gasteiger partial charge in [0, 0.05) is 46.4 Å². The summed E-state index contributed by atoms with van der Waals surface area (Å²) in [6.07, 6.45) is 4.52. The predicted octanol–water partition coefficient (Wildman–Crippen LogP) is 7.71. The Morgan fingerprint density at radius 3 is 2.36 bits per heavy atom. The van der Waals surface area contributed by atoms with E-state index >= 15 is 0 Å². The second kappa shape index (κ2) is 17.6. The Hall–Kier alpha value is -7.74. The van der Waals surface area contributed by atoms with Crippen molar-refractivity contribution in [2.45, 2.75) is 52.7 Å². The minimum atomic E-state index is -0.738. The van der Waals surface area contributed by atoms with Gasteiger partial charge in [-0.25, -0.2) is 9.78 Å². The molecular formula is C47H44N10O4. The molecular weight excluding hydrogens is 769 g/mol. The first kappa shape index (κ1) is 40.1. The lowest BCUT2D eigenvalue weighted by molar-refractivity contribution is -0.124. The van der Waals surface area contributed by atoms with Crippen molar-refractivity contribution in [2.24, 2.45) is 4.99 Å². The van der Waals surface area contributed by atoms with Crippen molar-refractivity contribution < 1.29 is 19.2 Å². The van der Waals surface area contributed by atoms with E-state index in [9.17, 15) is 19.2 Å². The van der Waals surface area contributed by atoms with Crippen molar-refractivity contribution in [3.8, 4) is 0 Å². The SMILES string of the molecule is CCC[C@@H]1N=C(c2ccccc2)c2ccc(C(=O)Nc3ccc(C)c(N4Cc5cnc(Nc6ccc(C)nc6)nc5NC4=O)c3)cc2N(CC(=O)NCc2ccccc2)C1=O. The standard InChI is InChI=1S/C47H44N10O4/c1-4-11-38-45(60)56(28-41(58)49-24-31-12-7-5-8-13-31)40-22-33(18-21-37(40)42(53-38)32-14-9-6-10-15-32)44(59)51-35-19-16-29(2)39(23-35)57-27-34-25-50-46(54-43(34)55-47(57)61)52-36-20-17-30(3)48-26-36/h5-10,12-23,25-26,38H,4,11,24,27-28H2,1-3H3,(H,49,58)(H,51,59)(H2,50,52,54,55,61)/t38-/m0/s1. The summed E-state index contributed by atoms with van der Waals surface area (Å²) >= 11 is 0. The Balaban J connectivity index is 1.06. The molecule has 4 N–H and O–H groups in total. The Morgan fingerprint density at radius 1 is 0.836 bits per heavy atom. The van der Waals surface area contributed by atoms with Gasteiger partial charge in [0.05, 0.1) is 35.5 Å². The molecule has 0 fully saturated rings. The maximum Gasteiger partial charge on any atom is 0.327 e. The van der Waals surface area contributed by atoms with E-state index in [1.54, 1.807) is 47.6 Å². The number of hydrogen-bond acceptors (Lipinski definition) is 9. The van der Waals surface area contributed by atoms with Gasteiger partial charge in [-0.05, 0) is 73.9 Å². The maximum absolute atomic E-state index is 14.4. The molecule has 61 heavy (non-hydrogen) atoms. The first-order valence-corrected chi connectivity index (χ1v) is 20.1. The lowest BCUT2D eigenvalue weighted by atomic mass is 9.98. The molecule has 0 saturated heterocycles. The molecule has 2 aromatic heterocycles. The molecule has 14 nitrogen and oxygen atoms in total. The van der Waals surface area contributed by atoms with Crippen LogP contribution in [0.4, 0.5) is 39.3 Å². The van der Waals surface area contributed by atoms with Gasteiger partial charge < -0.3 is 20.9 Å². The third-order valence-corrected chi connectivity index (χ3v) is 10.5. The van der Waals surface area contributed by atoms with Crippen molar-refractivity contribution in [1.82, 2.24) is 20.3 Å².